The third-order valence-corrected chi connectivity index (χ3v) is 6.44. The Kier molecular flexibility index (Phi) is 7.39. The van der Waals surface area contributed by atoms with Crippen LogP contribution >= 0.6 is 0 Å². The Morgan fingerprint density at radius 2 is 1.93 bits per heavy atom. The SMILES string of the molecule is CC(C)(O)CNc1nc(-c2cccc(C#N)c2)cc(-c2cn(Cc3cccc(N4CCC[C@H]4C(=O)O)n3)nn2)n1. The summed E-state index contributed by atoms with van der Waals surface area (Å²) in [6.45, 7) is 4.57. The molecule has 1 saturated heterocycles. The van der Waals surface area contributed by atoms with Gasteiger partial charge >= 0.3 is 5.97 Å². The van der Waals surface area contributed by atoms with E-state index < -0.39 is 17.6 Å². The molecule has 1 aliphatic heterocycles. The lowest BCUT2D eigenvalue weighted by atomic mass is 10.1. The first-order chi connectivity index (χ1) is 19.2. The number of carboxylic acid groups (broad SMARTS) is 1. The van der Waals surface area contributed by atoms with Crippen LogP contribution in [0, 0.1) is 11.3 Å². The number of carboxylic acids is 1. The monoisotopic (exact) mass is 539 g/mol. The highest BCUT2D eigenvalue weighted by Crippen LogP contribution is 2.26. The van der Waals surface area contributed by atoms with Crippen molar-refractivity contribution < 1.29 is 15.0 Å². The van der Waals surface area contributed by atoms with Crippen molar-refractivity contribution >= 4 is 17.7 Å². The molecule has 1 aromatic carbocycles. The largest absolute Gasteiger partial charge is 0.480 e. The molecule has 0 amide bonds. The number of nitriles is 1. The fourth-order valence-electron chi connectivity index (χ4n) is 4.52. The minimum Gasteiger partial charge on any atom is -0.480 e. The summed E-state index contributed by atoms with van der Waals surface area (Å²) in [6, 6.07) is 16.0. The number of anilines is 2. The number of nitrogens with zero attached hydrogens (tertiary/aromatic N) is 8. The first-order valence-electron chi connectivity index (χ1n) is 12.9. The van der Waals surface area contributed by atoms with Crippen LogP contribution < -0.4 is 10.2 Å². The zero-order valence-electron chi connectivity index (χ0n) is 22.2. The second-order valence-electron chi connectivity index (χ2n) is 10.3. The molecule has 40 heavy (non-hydrogen) atoms. The van der Waals surface area contributed by atoms with Crippen molar-refractivity contribution in [2.24, 2.45) is 0 Å². The second-order valence-corrected chi connectivity index (χ2v) is 10.3. The van der Waals surface area contributed by atoms with Gasteiger partial charge in [-0.2, -0.15) is 5.26 Å². The second kappa shape index (κ2) is 11.1. The van der Waals surface area contributed by atoms with Crippen LogP contribution in [-0.4, -0.2) is 70.9 Å². The summed E-state index contributed by atoms with van der Waals surface area (Å²) in [5.74, 6) is 0.0930. The molecule has 3 N–H and O–H groups in total. The van der Waals surface area contributed by atoms with Gasteiger partial charge < -0.3 is 20.4 Å². The number of aliphatic carboxylic acids is 1. The number of aliphatic hydroxyl groups is 1. The van der Waals surface area contributed by atoms with Gasteiger partial charge in [0.05, 0.1) is 47.1 Å². The molecule has 4 aromatic rings. The van der Waals surface area contributed by atoms with Gasteiger partial charge in [-0.25, -0.2) is 24.4 Å². The summed E-state index contributed by atoms with van der Waals surface area (Å²) < 4.78 is 1.64. The van der Waals surface area contributed by atoms with Crippen LogP contribution in [0.1, 0.15) is 37.9 Å². The van der Waals surface area contributed by atoms with Gasteiger partial charge in [-0.1, -0.05) is 23.4 Å². The lowest BCUT2D eigenvalue weighted by Gasteiger charge is -2.22. The highest BCUT2D eigenvalue weighted by atomic mass is 16.4. The van der Waals surface area contributed by atoms with Crippen LogP contribution in [0.2, 0.25) is 0 Å². The van der Waals surface area contributed by atoms with Crippen molar-refractivity contribution in [1.82, 2.24) is 29.9 Å². The smallest absolute Gasteiger partial charge is 0.326 e. The molecule has 3 aromatic heterocycles. The lowest BCUT2D eigenvalue weighted by Crippen LogP contribution is -2.36. The van der Waals surface area contributed by atoms with E-state index in [1.807, 2.05) is 29.2 Å². The van der Waals surface area contributed by atoms with Crippen molar-refractivity contribution in [1.29, 1.82) is 5.26 Å². The van der Waals surface area contributed by atoms with Crippen LogP contribution in [0.5, 0.6) is 0 Å². The number of hydrogen-bond acceptors (Lipinski definition) is 10. The summed E-state index contributed by atoms with van der Waals surface area (Å²) in [5.41, 5.74) is 2.59. The predicted molar refractivity (Wildman–Crippen MR) is 147 cm³/mol. The van der Waals surface area contributed by atoms with Crippen molar-refractivity contribution in [3.8, 4) is 28.7 Å². The van der Waals surface area contributed by atoms with E-state index in [2.05, 4.69) is 36.7 Å². The van der Waals surface area contributed by atoms with Gasteiger partial charge in [0.2, 0.25) is 5.95 Å². The van der Waals surface area contributed by atoms with Crippen molar-refractivity contribution in [2.45, 2.75) is 44.9 Å². The minimum atomic E-state index is -0.982. The number of nitrogens with one attached hydrogen (secondary N) is 1. The number of benzene rings is 1. The van der Waals surface area contributed by atoms with Crippen LogP contribution in [0.15, 0.2) is 54.7 Å². The average Bonchev–Trinajstić information content (AvgIpc) is 3.62. The molecule has 5 rings (SSSR count). The number of carbonyl (C=O) groups is 1. The van der Waals surface area contributed by atoms with Crippen LogP contribution in [0.4, 0.5) is 11.8 Å². The van der Waals surface area contributed by atoms with Gasteiger partial charge in [-0.05, 0) is 57.0 Å². The Labute approximate surface area is 231 Å². The molecule has 0 bridgehead atoms. The molecule has 204 valence electrons. The molecule has 1 atom stereocenters. The molecule has 4 heterocycles. The molecule has 0 saturated carbocycles. The third-order valence-electron chi connectivity index (χ3n) is 6.44. The van der Waals surface area contributed by atoms with Crippen molar-refractivity contribution in [3.63, 3.8) is 0 Å². The van der Waals surface area contributed by atoms with Crippen molar-refractivity contribution in [2.75, 3.05) is 23.3 Å². The summed E-state index contributed by atoms with van der Waals surface area (Å²) in [5, 5.41) is 40.7. The van der Waals surface area contributed by atoms with Gasteiger partial charge in [0.25, 0.3) is 0 Å². The fourth-order valence-corrected chi connectivity index (χ4v) is 4.52. The van der Waals surface area contributed by atoms with Gasteiger partial charge in [-0.3, -0.25) is 0 Å². The Hall–Kier alpha value is -4.89. The van der Waals surface area contributed by atoms with Crippen LogP contribution in [-0.2, 0) is 11.3 Å². The summed E-state index contributed by atoms with van der Waals surface area (Å²) >= 11 is 0. The molecule has 0 radical (unpaired) electrons. The summed E-state index contributed by atoms with van der Waals surface area (Å²) in [6.07, 6.45) is 3.16. The standard InChI is InChI=1S/C28H29N9O3/c1-28(2,40)17-30-27-32-21(19-7-3-6-18(12-19)14-29)13-22(33-27)23-16-36(35-34-23)15-20-8-4-10-25(31-20)37-11-5-9-24(37)26(38)39/h3-4,6-8,10,12-13,16,24,40H,5,9,11,15,17H2,1-2H3,(H,38,39)(H,30,32,33)/t24-/m0/s1. The Morgan fingerprint density at radius 3 is 2.70 bits per heavy atom. The van der Waals surface area contributed by atoms with E-state index in [1.165, 1.54) is 0 Å². The highest BCUT2D eigenvalue weighted by Gasteiger charge is 2.31. The van der Waals surface area contributed by atoms with E-state index in [-0.39, 0.29) is 6.54 Å². The fraction of sp³-hybridized carbons (Fsp3) is 0.321. The zero-order chi connectivity index (χ0) is 28.3. The summed E-state index contributed by atoms with van der Waals surface area (Å²) in [4.78, 5) is 27.3. The van der Waals surface area contributed by atoms with E-state index in [0.717, 1.165) is 12.0 Å². The van der Waals surface area contributed by atoms with E-state index in [9.17, 15) is 20.3 Å². The van der Waals surface area contributed by atoms with E-state index in [1.54, 1.807) is 49.0 Å². The maximum absolute atomic E-state index is 11.6. The van der Waals surface area contributed by atoms with Gasteiger partial charge in [0, 0.05) is 18.7 Å². The Balaban J connectivity index is 1.42. The molecule has 12 heteroatoms. The highest BCUT2D eigenvalue weighted by molar-refractivity contribution is 5.78. The molecular weight excluding hydrogens is 510 g/mol. The molecule has 1 aliphatic rings. The number of aromatic nitrogens is 6. The Bertz CT molecular complexity index is 1570. The van der Waals surface area contributed by atoms with Crippen LogP contribution in [0.3, 0.4) is 0 Å². The topological polar surface area (TPSA) is 166 Å². The number of rotatable bonds is 9. The molecular formula is C28H29N9O3. The molecule has 0 spiro atoms. The van der Waals surface area contributed by atoms with Gasteiger partial charge in [0.15, 0.2) is 0 Å². The molecule has 12 nitrogen and oxygen atoms in total. The Morgan fingerprint density at radius 1 is 1.12 bits per heavy atom. The van der Waals surface area contributed by atoms with E-state index in [0.29, 0.717) is 59.6 Å². The first-order valence-corrected chi connectivity index (χ1v) is 12.9. The van der Waals surface area contributed by atoms with E-state index >= 15 is 0 Å². The van der Waals surface area contributed by atoms with Crippen molar-refractivity contribution in [3.05, 3.63) is 66.0 Å². The summed E-state index contributed by atoms with van der Waals surface area (Å²) in [7, 11) is 0. The van der Waals surface area contributed by atoms with E-state index in [4.69, 9.17) is 0 Å². The third kappa shape index (κ3) is 6.22. The minimum absolute atomic E-state index is 0.225. The van der Waals surface area contributed by atoms with Crippen LogP contribution in [0.25, 0.3) is 22.6 Å². The molecule has 0 aliphatic carbocycles. The molecule has 0 unspecified atom stereocenters. The maximum atomic E-state index is 11.6. The first kappa shape index (κ1) is 26.7. The average molecular weight is 540 g/mol. The normalized spacial score (nSPS) is 15.2. The number of hydrogen-bond donors (Lipinski definition) is 3. The maximum Gasteiger partial charge on any atom is 0.326 e. The quantitative estimate of drug-likeness (QED) is 0.286. The number of pyridine rings is 1. The predicted octanol–water partition coefficient (Wildman–Crippen LogP) is 2.95. The lowest BCUT2D eigenvalue weighted by molar-refractivity contribution is -0.138. The zero-order valence-corrected chi connectivity index (χ0v) is 22.2. The van der Waals surface area contributed by atoms with Gasteiger partial charge in [-0.15, -0.1) is 5.10 Å². The molecule has 1 fully saturated rings. The van der Waals surface area contributed by atoms with Gasteiger partial charge in [0.1, 0.15) is 17.6 Å².